The topological polar surface area (TPSA) is 71.4 Å². The van der Waals surface area contributed by atoms with Crippen molar-refractivity contribution in [1.29, 1.82) is 0 Å². The summed E-state index contributed by atoms with van der Waals surface area (Å²) in [6, 6.07) is 2.17. The molecule has 0 radical (unpaired) electrons. The number of fused-ring (bicyclic) bond motifs is 3. The standard InChI is InChI=1S/C19H22N6S/c1-12-15-16(14-5-11-26-19(14)23-12)25(10-4-13-2-6-20-7-3-13)18(24-15)17-21-8-9-22-17/h5,8-9,11,13,20H,2-4,6-7,10H2,1H3,(H,21,22). The van der Waals surface area contributed by atoms with E-state index in [2.05, 4.69) is 38.2 Å². The molecule has 0 atom stereocenters. The molecule has 4 aromatic heterocycles. The van der Waals surface area contributed by atoms with Gasteiger partial charge in [-0.05, 0) is 56.6 Å². The molecule has 0 aromatic carbocycles. The van der Waals surface area contributed by atoms with Gasteiger partial charge in [0.1, 0.15) is 10.3 Å². The molecule has 5 heterocycles. The second-order valence-electron chi connectivity index (χ2n) is 7.04. The summed E-state index contributed by atoms with van der Waals surface area (Å²) in [7, 11) is 0. The number of aromatic nitrogens is 5. The van der Waals surface area contributed by atoms with Crippen molar-refractivity contribution in [3.8, 4) is 11.6 Å². The van der Waals surface area contributed by atoms with E-state index < -0.39 is 0 Å². The fourth-order valence-electron chi connectivity index (χ4n) is 4.02. The minimum atomic E-state index is 0.777. The maximum atomic E-state index is 4.95. The number of imidazole rings is 2. The third kappa shape index (κ3) is 2.62. The second kappa shape index (κ2) is 6.48. The molecule has 1 aliphatic heterocycles. The van der Waals surface area contributed by atoms with Crippen molar-refractivity contribution in [2.75, 3.05) is 13.1 Å². The van der Waals surface area contributed by atoms with Crippen LogP contribution in [0.1, 0.15) is 25.0 Å². The largest absolute Gasteiger partial charge is 0.342 e. The van der Waals surface area contributed by atoms with E-state index in [-0.39, 0.29) is 0 Å². The molecule has 4 aromatic rings. The Labute approximate surface area is 155 Å². The molecular weight excluding hydrogens is 344 g/mol. The Hall–Kier alpha value is -2.25. The smallest absolute Gasteiger partial charge is 0.177 e. The third-order valence-electron chi connectivity index (χ3n) is 5.41. The number of aromatic amines is 1. The van der Waals surface area contributed by atoms with Crippen molar-refractivity contribution in [2.24, 2.45) is 5.92 Å². The van der Waals surface area contributed by atoms with Gasteiger partial charge in [-0.1, -0.05) is 0 Å². The van der Waals surface area contributed by atoms with Crippen LogP contribution >= 0.6 is 11.3 Å². The molecule has 1 aliphatic rings. The zero-order valence-electron chi connectivity index (χ0n) is 14.8. The van der Waals surface area contributed by atoms with Crippen LogP contribution in [0.5, 0.6) is 0 Å². The average molecular weight is 366 g/mol. The Morgan fingerprint density at radius 3 is 2.96 bits per heavy atom. The molecule has 0 unspecified atom stereocenters. The van der Waals surface area contributed by atoms with Crippen LogP contribution in [0.15, 0.2) is 23.8 Å². The van der Waals surface area contributed by atoms with E-state index in [1.807, 2.05) is 6.20 Å². The highest BCUT2D eigenvalue weighted by Gasteiger charge is 2.21. The fraction of sp³-hybridized carbons (Fsp3) is 0.421. The lowest BCUT2D eigenvalue weighted by Crippen LogP contribution is -2.28. The Morgan fingerprint density at radius 2 is 2.15 bits per heavy atom. The Balaban J connectivity index is 1.65. The third-order valence-corrected chi connectivity index (χ3v) is 6.22. The number of hydrogen-bond donors (Lipinski definition) is 2. The van der Waals surface area contributed by atoms with E-state index in [1.54, 1.807) is 17.5 Å². The number of H-pyrrole nitrogens is 1. The van der Waals surface area contributed by atoms with Crippen molar-refractivity contribution in [2.45, 2.75) is 32.7 Å². The van der Waals surface area contributed by atoms with Gasteiger partial charge in [-0.15, -0.1) is 11.3 Å². The first-order chi connectivity index (χ1) is 12.8. The first-order valence-corrected chi connectivity index (χ1v) is 10.1. The molecule has 0 aliphatic carbocycles. The zero-order valence-corrected chi connectivity index (χ0v) is 15.6. The number of piperidine rings is 1. The van der Waals surface area contributed by atoms with E-state index >= 15 is 0 Å². The van der Waals surface area contributed by atoms with Crippen LogP contribution < -0.4 is 5.32 Å². The van der Waals surface area contributed by atoms with Gasteiger partial charge in [0.25, 0.3) is 0 Å². The monoisotopic (exact) mass is 366 g/mol. The maximum absolute atomic E-state index is 4.95. The molecule has 0 bridgehead atoms. The summed E-state index contributed by atoms with van der Waals surface area (Å²) in [4.78, 5) is 18.5. The second-order valence-corrected chi connectivity index (χ2v) is 7.94. The van der Waals surface area contributed by atoms with Crippen molar-refractivity contribution in [1.82, 2.24) is 29.8 Å². The van der Waals surface area contributed by atoms with Gasteiger partial charge in [-0.3, -0.25) is 0 Å². The van der Waals surface area contributed by atoms with Crippen LogP contribution in [0.3, 0.4) is 0 Å². The molecule has 1 saturated heterocycles. The maximum Gasteiger partial charge on any atom is 0.177 e. The summed E-state index contributed by atoms with van der Waals surface area (Å²) in [5, 5.41) is 6.78. The van der Waals surface area contributed by atoms with Crippen molar-refractivity contribution < 1.29 is 0 Å². The quantitative estimate of drug-likeness (QED) is 0.577. The van der Waals surface area contributed by atoms with E-state index in [0.29, 0.717) is 0 Å². The molecule has 5 rings (SSSR count). The van der Waals surface area contributed by atoms with Crippen LogP contribution in [-0.4, -0.2) is 37.6 Å². The minimum Gasteiger partial charge on any atom is -0.342 e. The molecule has 0 spiro atoms. The molecule has 0 saturated carbocycles. The predicted molar refractivity (Wildman–Crippen MR) is 105 cm³/mol. The molecule has 0 amide bonds. The van der Waals surface area contributed by atoms with Crippen molar-refractivity contribution in [3.05, 3.63) is 29.5 Å². The first-order valence-electron chi connectivity index (χ1n) is 9.26. The van der Waals surface area contributed by atoms with E-state index in [4.69, 9.17) is 9.97 Å². The van der Waals surface area contributed by atoms with E-state index in [0.717, 1.165) is 53.2 Å². The number of hydrogen-bond acceptors (Lipinski definition) is 5. The average Bonchev–Trinajstić information content (AvgIpc) is 3.39. The van der Waals surface area contributed by atoms with Gasteiger partial charge in [0, 0.05) is 24.3 Å². The number of thiophene rings is 1. The van der Waals surface area contributed by atoms with Gasteiger partial charge in [0.15, 0.2) is 11.6 Å². The molecule has 1 fully saturated rings. The van der Waals surface area contributed by atoms with Gasteiger partial charge in [0.05, 0.1) is 11.2 Å². The van der Waals surface area contributed by atoms with Crippen molar-refractivity contribution >= 4 is 32.6 Å². The lowest BCUT2D eigenvalue weighted by molar-refractivity contribution is 0.340. The number of pyridine rings is 1. The Kier molecular flexibility index (Phi) is 3.98. The molecule has 2 N–H and O–H groups in total. The molecule has 26 heavy (non-hydrogen) atoms. The van der Waals surface area contributed by atoms with Crippen LogP contribution in [0.2, 0.25) is 0 Å². The first kappa shape index (κ1) is 16.0. The highest BCUT2D eigenvalue weighted by Crippen LogP contribution is 2.33. The molecular formula is C19H22N6S. The van der Waals surface area contributed by atoms with E-state index in [9.17, 15) is 0 Å². The summed E-state index contributed by atoms with van der Waals surface area (Å²) in [5.41, 5.74) is 3.19. The zero-order chi connectivity index (χ0) is 17.5. The van der Waals surface area contributed by atoms with Crippen LogP contribution in [0.25, 0.3) is 32.9 Å². The summed E-state index contributed by atoms with van der Waals surface area (Å²) in [6.45, 7) is 5.29. The predicted octanol–water partition coefficient (Wildman–Crippen LogP) is 3.73. The lowest BCUT2D eigenvalue weighted by atomic mass is 9.94. The van der Waals surface area contributed by atoms with Gasteiger partial charge < -0.3 is 14.9 Å². The Bertz CT molecular complexity index is 1040. The number of rotatable bonds is 4. The summed E-state index contributed by atoms with van der Waals surface area (Å²) >= 11 is 1.69. The lowest BCUT2D eigenvalue weighted by Gasteiger charge is -2.23. The Morgan fingerprint density at radius 1 is 1.27 bits per heavy atom. The van der Waals surface area contributed by atoms with Gasteiger partial charge in [-0.2, -0.15) is 0 Å². The van der Waals surface area contributed by atoms with Gasteiger partial charge >= 0.3 is 0 Å². The van der Waals surface area contributed by atoms with Crippen molar-refractivity contribution in [3.63, 3.8) is 0 Å². The highest BCUT2D eigenvalue weighted by molar-refractivity contribution is 7.16. The van der Waals surface area contributed by atoms with E-state index in [1.165, 1.54) is 30.2 Å². The van der Waals surface area contributed by atoms with Crippen LogP contribution in [0.4, 0.5) is 0 Å². The number of nitrogens with one attached hydrogen (secondary N) is 2. The van der Waals surface area contributed by atoms with Crippen LogP contribution in [-0.2, 0) is 6.54 Å². The van der Waals surface area contributed by atoms with Crippen LogP contribution in [0, 0.1) is 12.8 Å². The molecule has 134 valence electrons. The van der Waals surface area contributed by atoms with Gasteiger partial charge in [0.2, 0.25) is 0 Å². The fourth-order valence-corrected chi connectivity index (χ4v) is 4.83. The molecule has 6 nitrogen and oxygen atoms in total. The minimum absolute atomic E-state index is 0.777. The normalized spacial score (nSPS) is 16.0. The summed E-state index contributed by atoms with van der Waals surface area (Å²) in [5.74, 6) is 2.52. The summed E-state index contributed by atoms with van der Waals surface area (Å²) in [6.07, 6.45) is 7.34. The number of aryl methyl sites for hydroxylation is 2. The van der Waals surface area contributed by atoms with Gasteiger partial charge in [-0.25, -0.2) is 15.0 Å². The SMILES string of the molecule is Cc1nc2sccc2c2c1nc(-c1ncc[nH]1)n2CCC1CCNCC1. The molecule has 7 heteroatoms. The highest BCUT2D eigenvalue weighted by atomic mass is 32.1. The number of nitrogens with zero attached hydrogens (tertiary/aromatic N) is 4. The summed E-state index contributed by atoms with van der Waals surface area (Å²) < 4.78 is 2.36.